The van der Waals surface area contributed by atoms with Gasteiger partial charge in [0.15, 0.2) is 5.65 Å². The molecule has 5 heteroatoms. The third-order valence-corrected chi connectivity index (χ3v) is 2.67. The van der Waals surface area contributed by atoms with Gasteiger partial charge in [-0.3, -0.25) is 4.98 Å². The second-order valence-corrected chi connectivity index (χ2v) is 3.85. The highest BCUT2D eigenvalue weighted by atomic mass is 15.1. The van der Waals surface area contributed by atoms with E-state index in [0.717, 1.165) is 22.6 Å². The number of imidazole rings is 1. The first kappa shape index (κ1) is 9.77. The maximum atomic E-state index is 5.73. The second-order valence-electron chi connectivity index (χ2n) is 3.85. The third kappa shape index (κ3) is 1.52. The van der Waals surface area contributed by atoms with Gasteiger partial charge in [0.25, 0.3) is 0 Å². The number of rotatable bonds is 1. The highest BCUT2D eigenvalue weighted by Crippen LogP contribution is 2.22. The van der Waals surface area contributed by atoms with Crippen LogP contribution in [0.5, 0.6) is 0 Å². The molecule has 0 aromatic carbocycles. The Balaban J connectivity index is 2.27. The lowest BCUT2D eigenvalue weighted by Gasteiger charge is -2.02. The molecule has 3 aromatic rings. The molecule has 3 heterocycles. The lowest BCUT2D eigenvalue weighted by atomic mass is 10.2. The number of aromatic nitrogens is 4. The van der Waals surface area contributed by atoms with Crippen molar-refractivity contribution >= 4 is 16.9 Å². The molecule has 3 aromatic heterocycles. The smallest absolute Gasteiger partial charge is 0.178 e. The Kier molecular flexibility index (Phi) is 2.04. The van der Waals surface area contributed by atoms with Crippen molar-refractivity contribution in [3.63, 3.8) is 0 Å². The van der Waals surface area contributed by atoms with E-state index in [9.17, 15) is 0 Å². The Morgan fingerprint density at radius 1 is 1.29 bits per heavy atom. The van der Waals surface area contributed by atoms with Gasteiger partial charge < -0.3 is 10.3 Å². The maximum Gasteiger partial charge on any atom is 0.178 e. The fraction of sp³-hybridized carbons (Fsp3) is 0.0833. The summed E-state index contributed by atoms with van der Waals surface area (Å²) in [6.45, 7) is 0. The summed E-state index contributed by atoms with van der Waals surface area (Å²) >= 11 is 0. The molecule has 0 unspecified atom stereocenters. The van der Waals surface area contributed by atoms with Crippen molar-refractivity contribution in [3.05, 3.63) is 36.8 Å². The fourth-order valence-corrected chi connectivity index (χ4v) is 1.86. The van der Waals surface area contributed by atoms with E-state index >= 15 is 0 Å². The number of nitrogen functional groups attached to an aromatic ring is 1. The number of pyridine rings is 2. The average Bonchev–Trinajstić information content (AvgIpc) is 2.68. The number of hydrogen-bond donors (Lipinski definition) is 1. The van der Waals surface area contributed by atoms with Crippen molar-refractivity contribution in [2.75, 3.05) is 5.73 Å². The van der Waals surface area contributed by atoms with Crippen LogP contribution in [-0.4, -0.2) is 19.5 Å². The Hall–Kier alpha value is -2.43. The molecular weight excluding hydrogens is 214 g/mol. The van der Waals surface area contributed by atoms with Crippen molar-refractivity contribution in [2.45, 2.75) is 0 Å². The van der Waals surface area contributed by atoms with Gasteiger partial charge in [0.1, 0.15) is 5.82 Å². The molecule has 0 atom stereocenters. The fourth-order valence-electron chi connectivity index (χ4n) is 1.86. The van der Waals surface area contributed by atoms with Gasteiger partial charge >= 0.3 is 0 Å². The van der Waals surface area contributed by atoms with E-state index in [0.29, 0.717) is 5.69 Å². The first-order chi connectivity index (χ1) is 8.25. The van der Waals surface area contributed by atoms with Gasteiger partial charge in [0, 0.05) is 31.2 Å². The minimum Gasteiger partial charge on any atom is -0.397 e. The van der Waals surface area contributed by atoms with Crippen LogP contribution in [0.1, 0.15) is 0 Å². The first-order valence-corrected chi connectivity index (χ1v) is 5.24. The topological polar surface area (TPSA) is 69.6 Å². The largest absolute Gasteiger partial charge is 0.397 e. The SMILES string of the molecule is Cn1c(-c2cncc(N)c2)nc2ncccc21. The van der Waals surface area contributed by atoms with Crippen molar-refractivity contribution in [1.29, 1.82) is 0 Å². The summed E-state index contributed by atoms with van der Waals surface area (Å²) in [5.41, 5.74) is 8.97. The van der Waals surface area contributed by atoms with Gasteiger partial charge in [-0.15, -0.1) is 0 Å². The molecule has 0 saturated carbocycles. The summed E-state index contributed by atoms with van der Waals surface area (Å²) < 4.78 is 1.98. The average molecular weight is 225 g/mol. The Morgan fingerprint density at radius 3 is 2.94 bits per heavy atom. The van der Waals surface area contributed by atoms with E-state index in [4.69, 9.17) is 5.73 Å². The lowest BCUT2D eigenvalue weighted by molar-refractivity contribution is 0.957. The standard InChI is InChI=1S/C12H11N5/c1-17-10-3-2-4-15-11(10)16-12(17)8-5-9(13)7-14-6-8/h2-7H,13H2,1H3. The Bertz CT molecular complexity index is 686. The number of nitrogens with zero attached hydrogens (tertiary/aromatic N) is 4. The molecule has 0 aliphatic rings. The van der Waals surface area contributed by atoms with Crippen LogP contribution in [0.4, 0.5) is 5.69 Å². The van der Waals surface area contributed by atoms with Crippen molar-refractivity contribution in [1.82, 2.24) is 19.5 Å². The molecule has 0 spiro atoms. The zero-order chi connectivity index (χ0) is 11.8. The zero-order valence-electron chi connectivity index (χ0n) is 9.33. The number of anilines is 1. The molecule has 0 aliphatic carbocycles. The van der Waals surface area contributed by atoms with Gasteiger partial charge in [-0.1, -0.05) is 0 Å². The van der Waals surface area contributed by atoms with E-state index in [1.807, 2.05) is 29.8 Å². The van der Waals surface area contributed by atoms with E-state index in [-0.39, 0.29) is 0 Å². The summed E-state index contributed by atoms with van der Waals surface area (Å²) in [5.74, 6) is 0.818. The predicted octanol–water partition coefficient (Wildman–Crippen LogP) is 1.61. The molecule has 2 N–H and O–H groups in total. The molecule has 0 bridgehead atoms. The van der Waals surface area contributed by atoms with E-state index < -0.39 is 0 Å². The number of nitrogens with two attached hydrogens (primary N) is 1. The molecule has 17 heavy (non-hydrogen) atoms. The molecule has 84 valence electrons. The molecule has 0 fully saturated rings. The Morgan fingerprint density at radius 2 is 2.18 bits per heavy atom. The van der Waals surface area contributed by atoms with E-state index in [2.05, 4.69) is 15.0 Å². The third-order valence-electron chi connectivity index (χ3n) is 2.67. The van der Waals surface area contributed by atoms with Gasteiger partial charge in [0.2, 0.25) is 0 Å². The van der Waals surface area contributed by atoms with Crippen LogP contribution in [-0.2, 0) is 7.05 Å². The monoisotopic (exact) mass is 225 g/mol. The highest BCUT2D eigenvalue weighted by molar-refractivity contribution is 5.77. The molecule has 0 radical (unpaired) electrons. The minimum atomic E-state index is 0.627. The zero-order valence-corrected chi connectivity index (χ0v) is 9.33. The quantitative estimate of drug-likeness (QED) is 0.683. The molecular formula is C12H11N5. The number of hydrogen-bond acceptors (Lipinski definition) is 4. The van der Waals surface area contributed by atoms with Gasteiger partial charge in [-0.2, -0.15) is 0 Å². The van der Waals surface area contributed by atoms with Gasteiger partial charge in [-0.25, -0.2) is 9.97 Å². The Labute approximate surface area is 98.0 Å². The summed E-state index contributed by atoms with van der Waals surface area (Å²) in [6, 6.07) is 5.73. The van der Waals surface area contributed by atoms with Crippen molar-refractivity contribution < 1.29 is 0 Å². The molecule has 0 amide bonds. The van der Waals surface area contributed by atoms with Crippen LogP contribution in [0.15, 0.2) is 36.8 Å². The summed E-state index contributed by atoms with van der Waals surface area (Å²) in [4.78, 5) is 12.8. The van der Waals surface area contributed by atoms with E-state index in [1.165, 1.54) is 0 Å². The van der Waals surface area contributed by atoms with Crippen LogP contribution in [0.25, 0.3) is 22.6 Å². The summed E-state index contributed by atoms with van der Waals surface area (Å²) in [5, 5.41) is 0. The van der Waals surface area contributed by atoms with Crippen molar-refractivity contribution in [2.24, 2.45) is 7.05 Å². The van der Waals surface area contributed by atoms with Crippen LogP contribution in [0.2, 0.25) is 0 Å². The number of fused-ring (bicyclic) bond motifs is 1. The van der Waals surface area contributed by atoms with E-state index in [1.54, 1.807) is 18.6 Å². The van der Waals surface area contributed by atoms with Gasteiger partial charge in [-0.05, 0) is 18.2 Å². The van der Waals surface area contributed by atoms with Crippen LogP contribution >= 0.6 is 0 Å². The summed E-state index contributed by atoms with van der Waals surface area (Å²) in [6.07, 6.45) is 5.10. The first-order valence-electron chi connectivity index (χ1n) is 5.24. The van der Waals surface area contributed by atoms with Crippen LogP contribution in [0.3, 0.4) is 0 Å². The number of aryl methyl sites for hydroxylation is 1. The minimum absolute atomic E-state index is 0.627. The molecule has 3 rings (SSSR count). The highest BCUT2D eigenvalue weighted by Gasteiger charge is 2.10. The summed E-state index contributed by atoms with van der Waals surface area (Å²) in [7, 11) is 1.95. The molecule has 5 nitrogen and oxygen atoms in total. The van der Waals surface area contributed by atoms with Crippen LogP contribution < -0.4 is 5.73 Å². The van der Waals surface area contributed by atoms with Crippen molar-refractivity contribution in [3.8, 4) is 11.4 Å². The predicted molar refractivity (Wildman–Crippen MR) is 66.2 cm³/mol. The van der Waals surface area contributed by atoms with Crippen LogP contribution in [0, 0.1) is 0 Å². The molecule has 0 aliphatic heterocycles. The normalized spacial score (nSPS) is 10.9. The lowest BCUT2D eigenvalue weighted by Crippen LogP contribution is -1.94. The maximum absolute atomic E-state index is 5.73. The van der Waals surface area contributed by atoms with Gasteiger partial charge in [0.05, 0.1) is 11.2 Å². The molecule has 0 saturated heterocycles. The second kappa shape index (κ2) is 3.55.